The molecular weight excluding hydrogens is 585 g/mol. The van der Waals surface area contributed by atoms with Crippen molar-refractivity contribution in [3.05, 3.63) is 180 Å². The molecular formula is C45H26N2O. The predicted octanol–water partition coefficient (Wildman–Crippen LogP) is 11.2. The van der Waals surface area contributed by atoms with Crippen LogP contribution in [0.3, 0.4) is 0 Å². The summed E-state index contributed by atoms with van der Waals surface area (Å²) < 4.78 is 6.67. The minimum Gasteiger partial charge on any atom is -0.456 e. The fourth-order valence-electron chi connectivity index (χ4n) is 8.52. The molecule has 0 amide bonds. The Labute approximate surface area is 276 Å². The quantitative estimate of drug-likeness (QED) is 0.195. The minimum atomic E-state index is -0.399. The molecule has 0 radical (unpaired) electrons. The van der Waals surface area contributed by atoms with Crippen LogP contribution in [-0.4, -0.2) is 9.97 Å². The van der Waals surface area contributed by atoms with Crippen LogP contribution in [0.25, 0.3) is 77.7 Å². The van der Waals surface area contributed by atoms with Gasteiger partial charge in [0, 0.05) is 27.3 Å². The highest BCUT2D eigenvalue weighted by Crippen LogP contribution is 2.63. The Morgan fingerprint density at radius 2 is 1.00 bits per heavy atom. The van der Waals surface area contributed by atoms with Crippen molar-refractivity contribution in [2.45, 2.75) is 5.41 Å². The molecule has 0 N–H and O–H groups in total. The normalized spacial score (nSPS) is 13.6. The van der Waals surface area contributed by atoms with Crippen molar-refractivity contribution in [3.63, 3.8) is 0 Å². The number of rotatable bonds is 2. The maximum atomic E-state index is 6.67. The van der Waals surface area contributed by atoms with Crippen LogP contribution >= 0.6 is 0 Å². The fourth-order valence-corrected chi connectivity index (χ4v) is 8.52. The van der Waals surface area contributed by atoms with Gasteiger partial charge in [-0.2, -0.15) is 0 Å². The number of hydrogen-bond donors (Lipinski definition) is 0. The molecule has 7 aromatic carbocycles. The summed E-state index contributed by atoms with van der Waals surface area (Å²) in [6.45, 7) is 0. The number of hydrogen-bond acceptors (Lipinski definition) is 3. The van der Waals surface area contributed by atoms with E-state index in [1.54, 1.807) is 0 Å². The Morgan fingerprint density at radius 1 is 0.396 bits per heavy atom. The van der Waals surface area contributed by atoms with Gasteiger partial charge in [-0.1, -0.05) is 121 Å². The van der Waals surface area contributed by atoms with E-state index in [-0.39, 0.29) is 0 Å². The van der Waals surface area contributed by atoms with Crippen molar-refractivity contribution < 1.29 is 4.42 Å². The van der Waals surface area contributed by atoms with E-state index in [1.165, 1.54) is 44.5 Å². The maximum Gasteiger partial charge on any atom is 0.160 e. The predicted molar refractivity (Wildman–Crippen MR) is 194 cm³/mol. The summed E-state index contributed by atoms with van der Waals surface area (Å²) in [6, 6.07) is 56.3. The molecule has 2 aliphatic carbocycles. The average Bonchev–Trinajstić information content (AvgIpc) is 3.77. The first kappa shape index (κ1) is 25.8. The van der Waals surface area contributed by atoms with Gasteiger partial charge in [0.15, 0.2) is 5.82 Å². The average molecular weight is 611 g/mol. The molecule has 1 spiro atoms. The van der Waals surface area contributed by atoms with Gasteiger partial charge in [0.25, 0.3) is 0 Å². The lowest BCUT2D eigenvalue weighted by Gasteiger charge is -2.30. The van der Waals surface area contributed by atoms with Gasteiger partial charge in [-0.15, -0.1) is 0 Å². The fraction of sp³-hybridized carbons (Fsp3) is 0.0222. The van der Waals surface area contributed by atoms with Gasteiger partial charge in [0.2, 0.25) is 0 Å². The minimum absolute atomic E-state index is 0.399. The number of aromatic nitrogens is 2. The zero-order valence-electron chi connectivity index (χ0n) is 25.8. The summed E-state index contributed by atoms with van der Waals surface area (Å²) in [5.41, 5.74) is 15.6. The second-order valence-electron chi connectivity index (χ2n) is 12.9. The van der Waals surface area contributed by atoms with Crippen LogP contribution < -0.4 is 0 Å². The van der Waals surface area contributed by atoms with Crippen LogP contribution in [0.4, 0.5) is 0 Å². The van der Waals surface area contributed by atoms with E-state index in [1.807, 2.05) is 18.2 Å². The zero-order chi connectivity index (χ0) is 31.4. The molecule has 3 heteroatoms. The summed E-state index contributed by atoms with van der Waals surface area (Å²) in [5.74, 6) is 0.702. The summed E-state index contributed by atoms with van der Waals surface area (Å²) >= 11 is 0. The number of benzene rings is 7. The van der Waals surface area contributed by atoms with Crippen LogP contribution in [0, 0.1) is 0 Å². The third kappa shape index (κ3) is 3.27. The molecule has 0 aliphatic heterocycles. The zero-order valence-corrected chi connectivity index (χ0v) is 25.8. The second kappa shape index (κ2) is 9.37. The molecule has 2 aliphatic rings. The van der Waals surface area contributed by atoms with E-state index in [9.17, 15) is 0 Å². The van der Waals surface area contributed by atoms with E-state index in [0.717, 1.165) is 49.7 Å². The number of fused-ring (bicyclic) bond motifs is 14. The van der Waals surface area contributed by atoms with Gasteiger partial charge >= 0.3 is 0 Å². The molecule has 0 saturated heterocycles. The maximum absolute atomic E-state index is 6.67. The third-order valence-corrected chi connectivity index (χ3v) is 10.5. The highest BCUT2D eigenvalue weighted by molar-refractivity contribution is 6.10. The van der Waals surface area contributed by atoms with E-state index >= 15 is 0 Å². The third-order valence-electron chi connectivity index (χ3n) is 10.5. The molecule has 0 saturated carbocycles. The molecule has 0 fully saturated rings. The van der Waals surface area contributed by atoms with Crippen LogP contribution in [0.2, 0.25) is 0 Å². The van der Waals surface area contributed by atoms with E-state index < -0.39 is 5.41 Å². The van der Waals surface area contributed by atoms with E-state index in [4.69, 9.17) is 14.4 Å². The van der Waals surface area contributed by atoms with Crippen molar-refractivity contribution >= 4 is 32.8 Å². The van der Waals surface area contributed by atoms with Gasteiger partial charge in [-0.3, -0.25) is 0 Å². The molecule has 9 aromatic rings. The van der Waals surface area contributed by atoms with Crippen LogP contribution in [0.5, 0.6) is 0 Å². The molecule has 0 unspecified atom stereocenters. The van der Waals surface area contributed by atoms with Gasteiger partial charge in [-0.25, -0.2) is 9.97 Å². The Morgan fingerprint density at radius 3 is 1.73 bits per heavy atom. The van der Waals surface area contributed by atoms with Crippen molar-refractivity contribution in [1.82, 2.24) is 9.97 Å². The first-order chi connectivity index (χ1) is 23.8. The molecule has 11 rings (SSSR count). The molecule has 2 heterocycles. The van der Waals surface area contributed by atoms with Gasteiger partial charge in [0.1, 0.15) is 11.2 Å². The Kier molecular flexibility index (Phi) is 5.04. The topological polar surface area (TPSA) is 38.9 Å². The Balaban J connectivity index is 1.16. The molecule has 0 atom stereocenters. The molecule has 222 valence electrons. The summed E-state index contributed by atoms with van der Waals surface area (Å²) in [4.78, 5) is 10.2. The lowest BCUT2D eigenvalue weighted by molar-refractivity contribution is 0.666. The van der Waals surface area contributed by atoms with Crippen molar-refractivity contribution in [3.8, 4) is 44.9 Å². The molecule has 0 bridgehead atoms. The van der Waals surface area contributed by atoms with Crippen LogP contribution in [-0.2, 0) is 5.41 Å². The lowest BCUT2D eigenvalue weighted by atomic mass is 9.70. The SMILES string of the molecule is c1ccc(-c2nc(-c3ccc4oc5cc6c(cc5c4c3)-c3ccccc3C63c4ccccc4-c4ccccc43)nc3ccccc23)cc1. The first-order valence-corrected chi connectivity index (χ1v) is 16.4. The summed E-state index contributed by atoms with van der Waals surface area (Å²) in [6.07, 6.45) is 0. The van der Waals surface area contributed by atoms with Gasteiger partial charge in [-0.05, 0) is 80.9 Å². The summed E-state index contributed by atoms with van der Waals surface area (Å²) in [7, 11) is 0. The van der Waals surface area contributed by atoms with E-state index in [2.05, 4.69) is 140 Å². The van der Waals surface area contributed by atoms with Gasteiger partial charge < -0.3 is 4.42 Å². The standard InChI is InChI=1S/C45H26N2O/c1-2-12-27(13-3-1)43-32-17-7-11-21-40(32)46-44(47-43)28-22-23-41-34(24-28)35-25-33-31-16-6-10-20-38(31)45(39(33)26-42(35)48-41)36-18-8-4-14-29(36)30-15-5-9-19-37(30)45/h1-26H. The first-order valence-electron chi connectivity index (χ1n) is 16.4. The highest BCUT2D eigenvalue weighted by Gasteiger charge is 2.51. The monoisotopic (exact) mass is 610 g/mol. The Bertz CT molecular complexity index is 2750. The summed E-state index contributed by atoms with van der Waals surface area (Å²) in [5, 5.41) is 3.20. The highest BCUT2D eigenvalue weighted by atomic mass is 16.3. The van der Waals surface area contributed by atoms with E-state index in [0.29, 0.717) is 5.82 Å². The molecule has 2 aromatic heterocycles. The second-order valence-corrected chi connectivity index (χ2v) is 12.9. The lowest BCUT2D eigenvalue weighted by Crippen LogP contribution is -2.25. The van der Waals surface area contributed by atoms with Crippen molar-refractivity contribution in [1.29, 1.82) is 0 Å². The van der Waals surface area contributed by atoms with Crippen molar-refractivity contribution in [2.75, 3.05) is 0 Å². The molecule has 48 heavy (non-hydrogen) atoms. The molecule has 3 nitrogen and oxygen atoms in total. The smallest absolute Gasteiger partial charge is 0.160 e. The largest absolute Gasteiger partial charge is 0.456 e. The Hall–Kier alpha value is -6.32. The number of furan rings is 1. The van der Waals surface area contributed by atoms with Crippen LogP contribution in [0.1, 0.15) is 22.3 Å². The number of nitrogens with zero attached hydrogens (tertiary/aromatic N) is 2. The van der Waals surface area contributed by atoms with Crippen LogP contribution in [0.15, 0.2) is 162 Å². The van der Waals surface area contributed by atoms with Gasteiger partial charge in [0.05, 0.1) is 16.6 Å². The van der Waals surface area contributed by atoms with Crippen molar-refractivity contribution in [2.24, 2.45) is 0 Å². The number of para-hydroxylation sites is 1.